The monoisotopic (exact) mass is 429 g/mol. The van der Waals surface area contributed by atoms with E-state index in [0.29, 0.717) is 30.1 Å². The summed E-state index contributed by atoms with van der Waals surface area (Å²) in [5.74, 6) is 0.268. The number of imidazole rings is 1. The first-order valence-electron chi connectivity index (χ1n) is 9.14. The molecule has 5 nitrogen and oxygen atoms in total. The number of hydrogen-bond acceptors (Lipinski definition) is 4. The number of halogens is 6. The number of piperazine rings is 1. The molecule has 30 heavy (non-hydrogen) atoms. The lowest BCUT2D eigenvalue weighted by atomic mass is 10.1. The molecule has 11 heteroatoms. The number of benzene rings is 1. The van der Waals surface area contributed by atoms with Gasteiger partial charge in [-0.05, 0) is 36.8 Å². The maximum atomic E-state index is 13.2. The Morgan fingerprint density at radius 1 is 0.933 bits per heavy atom. The molecule has 0 aliphatic carbocycles. The summed E-state index contributed by atoms with van der Waals surface area (Å²) in [6, 6.07) is 4.30. The molecule has 1 saturated heterocycles. The van der Waals surface area contributed by atoms with Crippen LogP contribution in [-0.2, 0) is 12.4 Å². The number of H-pyrrole nitrogens is 1. The van der Waals surface area contributed by atoms with E-state index < -0.39 is 23.5 Å². The van der Waals surface area contributed by atoms with Crippen molar-refractivity contribution in [3.8, 4) is 0 Å². The Kier molecular flexibility index (Phi) is 4.78. The number of nitrogens with zero attached hydrogens (tertiary/aromatic N) is 4. The van der Waals surface area contributed by atoms with Crippen molar-refractivity contribution in [1.29, 1.82) is 0 Å². The Morgan fingerprint density at radius 3 is 2.23 bits per heavy atom. The summed E-state index contributed by atoms with van der Waals surface area (Å²) in [6.45, 7) is 2.78. The van der Waals surface area contributed by atoms with Crippen molar-refractivity contribution in [2.45, 2.75) is 19.3 Å². The molecule has 1 aromatic carbocycles. The van der Waals surface area contributed by atoms with Gasteiger partial charge in [-0.25, -0.2) is 9.97 Å². The van der Waals surface area contributed by atoms with Crippen LogP contribution in [0.2, 0.25) is 0 Å². The SMILES string of the molecule is Cc1cc(C(F)(F)F)cc2[nH]c(N3CCN(c4ncccc4C(F)(F)F)CC3)nc12. The van der Waals surface area contributed by atoms with E-state index in [1.165, 1.54) is 12.3 Å². The van der Waals surface area contributed by atoms with E-state index in [9.17, 15) is 26.3 Å². The third-order valence-corrected chi connectivity index (χ3v) is 5.06. The van der Waals surface area contributed by atoms with Crippen molar-refractivity contribution in [3.63, 3.8) is 0 Å². The lowest BCUT2D eigenvalue weighted by Crippen LogP contribution is -2.47. The molecule has 0 unspecified atom stereocenters. The van der Waals surface area contributed by atoms with Crippen LogP contribution in [0.5, 0.6) is 0 Å². The van der Waals surface area contributed by atoms with E-state index >= 15 is 0 Å². The maximum Gasteiger partial charge on any atom is 0.419 e. The van der Waals surface area contributed by atoms with Gasteiger partial charge in [-0.1, -0.05) is 0 Å². The molecule has 1 N–H and O–H groups in total. The van der Waals surface area contributed by atoms with Gasteiger partial charge >= 0.3 is 12.4 Å². The maximum absolute atomic E-state index is 13.2. The molecular formula is C19H17F6N5. The molecule has 0 atom stereocenters. The highest BCUT2D eigenvalue weighted by molar-refractivity contribution is 5.82. The number of fused-ring (bicyclic) bond motifs is 1. The summed E-state index contributed by atoms with van der Waals surface area (Å²) in [4.78, 5) is 14.6. The molecule has 0 radical (unpaired) electrons. The van der Waals surface area contributed by atoms with Crippen LogP contribution in [-0.4, -0.2) is 41.1 Å². The fourth-order valence-corrected chi connectivity index (χ4v) is 3.59. The van der Waals surface area contributed by atoms with Gasteiger partial charge in [0.1, 0.15) is 5.82 Å². The minimum absolute atomic E-state index is 0.125. The van der Waals surface area contributed by atoms with Gasteiger partial charge in [0.05, 0.1) is 22.2 Å². The largest absolute Gasteiger partial charge is 0.419 e. The molecule has 4 rings (SSSR count). The summed E-state index contributed by atoms with van der Waals surface area (Å²) < 4.78 is 78.9. The van der Waals surface area contributed by atoms with E-state index in [4.69, 9.17) is 0 Å². The quantitative estimate of drug-likeness (QED) is 0.604. The molecule has 1 aliphatic heterocycles. The number of rotatable bonds is 2. The van der Waals surface area contributed by atoms with Crippen molar-refractivity contribution in [2.24, 2.45) is 0 Å². The Labute approximate surface area is 167 Å². The number of anilines is 2. The highest BCUT2D eigenvalue weighted by Gasteiger charge is 2.36. The first-order valence-corrected chi connectivity index (χ1v) is 9.14. The molecule has 3 heterocycles. The highest BCUT2D eigenvalue weighted by atomic mass is 19.4. The normalized spacial score (nSPS) is 15.8. The Bertz CT molecular complexity index is 1060. The van der Waals surface area contributed by atoms with Crippen LogP contribution < -0.4 is 9.80 Å². The molecular weight excluding hydrogens is 412 g/mol. The van der Waals surface area contributed by atoms with Gasteiger partial charge in [-0.2, -0.15) is 26.3 Å². The van der Waals surface area contributed by atoms with Gasteiger partial charge in [0, 0.05) is 32.4 Å². The number of pyridine rings is 1. The van der Waals surface area contributed by atoms with E-state index in [0.717, 1.165) is 18.2 Å². The van der Waals surface area contributed by atoms with Gasteiger partial charge < -0.3 is 14.8 Å². The number of alkyl halides is 6. The Hall–Kier alpha value is -2.98. The smallest absolute Gasteiger partial charge is 0.353 e. The van der Waals surface area contributed by atoms with Gasteiger partial charge in [-0.3, -0.25) is 0 Å². The van der Waals surface area contributed by atoms with Crippen LogP contribution in [0.15, 0.2) is 30.5 Å². The molecule has 3 aromatic rings. The van der Waals surface area contributed by atoms with Crippen LogP contribution in [0, 0.1) is 6.92 Å². The van der Waals surface area contributed by atoms with Crippen molar-refractivity contribution < 1.29 is 26.3 Å². The average Bonchev–Trinajstić information content (AvgIpc) is 3.12. The van der Waals surface area contributed by atoms with Gasteiger partial charge in [0.2, 0.25) is 5.95 Å². The summed E-state index contributed by atoms with van der Waals surface area (Å²) >= 11 is 0. The summed E-state index contributed by atoms with van der Waals surface area (Å²) in [7, 11) is 0. The van der Waals surface area contributed by atoms with Crippen LogP contribution in [0.4, 0.5) is 38.1 Å². The average molecular weight is 429 g/mol. The second-order valence-electron chi connectivity index (χ2n) is 7.09. The fraction of sp³-hybridized carbons (Fsp3) is 0.368. The van der Waals surface area contributed by atoms with E-state index in [1.807, 2.05) is 0 Å². The van der Waals surface area contributed by atoms with Crippen molar-refractivity contribution in [1.82, 2.24) is 15.0 Å². The van der Waals surface area contributed by atoms with Gasteiger partial charge in [0.15, 0.2) is 0 Å². The Morgan fingerprint density at radius 2 is 1.60 bits per heavy atom. The summed E-state index contributed by atoms with van der Waals surface area (Å²) in [5, 5.41) is 0. The Balaban J connectivity index is 1.55. The first-order chi connectivity index (χ1) is 14.0. The first kappa shape index (κ1) is 20.3. The lowest BCUT2D eigenvalue weighted by molar-refractivity contribution is -0.138. The number of nitrogens with one attached hydrogen (secondary N) is 1. The number of aromatic amines is 1. The molecule has 2 aromatic heterocycles. The second kappa shape index (κ2) is 7.06. The third kappa shape index (κ3) is 3.75. The number of hydrogen-bond donors (Lipinski definition) is 1. The van der Waals surface area contributed by atoms with E-state index in [1.54, 1.807) is 16.7 Å². The highest BCUT2D eigenvalue weighted by Crippen LogP contribution is 2.36. The van der Waals surface area contributed by atoms with Crippen molar-refractivity contribution in [3.05, 3.63) is 47.2 Å². The fourth-order valence-electron chi connectivity index (χ4n) is 3.59. The molecule has 1 fully saturated rings. The van der Waals surface area contributed by atoms with Crippen LogP contribution in [0.3, 0.4) is 0 Å². The van der Waals surface area contributed by atoms with E-state index in [2.05, 4.69) is 15.0 Å². The zero-order chi connectivity index (χ0) is 21.7. The molecule has 0 spiro atoms. The molecule has 1 aliphatic rings. The lowest BCUT2D eigenvalue weighted by Gasteiger charge is -2.36. The van der Waals surface area contributed by atoms with Crippen molar-refractivity contribution >= 4 is 22.8 Å². The molecule has 160 valence electrons. The van der Waals surface area contributed by atoms with Crippen LogP contribution >= 0.6 is 0 Å². The van der Waals surface area contributed by atoms with Crippen LogP contribution in [0.25, 0.3) is 11.0 Å². The summed E-state index contributed by atoms with van der Waals surface area (Å²) in [6.07, 6.45) is -7.65. The topological polar surface area (TPSA) is 48.1 Å². The third-order valence-electron chi connectivity index (χ3n) is 5.06. The number of aryl methyl sites for hydroxylation is 1. The molecule has 0 bridgehead atoms. The standard InChI is InChI=1S/C19H17F6N5/c1-11-9-12(18(20,21)22)10-14-15(11)28-17(27-14)30-7-5-29(6-8-30)16-13(19(23,24)25)3-2-4-26-16/h2-4,9-10H,5-8H2,1H3,(H,27,28). The van der Waals surface area contributed by atoms with Crippen LogP contribution in [0.1, 0.15) is 16.7 Å². The predicted molar refractivity (Wildman–Crippen MR) is 99.5 cm³/mol. The van der Waals surface area contributed by atoms with Gasteiger partial charge in [0.25, 0.3) is 0 Å². The predicted octanol–water partition coefficient (Wildman–Crippen LogP) is 4.63. The zero-order valence-corrected chi connectivity index (χ0v) is 15.8. The minimum Gasteiger partial charge on any atom is -0.353 e. The molecule has 0 amide bonds. The molecule has 0 saturated carbocycles. The van der Waals surface area contributed by atoms with E-state index in [-0.39, 0.29) is 24.4 Å². The summed E-state index contributed by atoms with van der Waals surface area (Å²) in [5.41, 5.74) is -0.461. The number of aromatic nitrogens is 3. The van der Waals surface area contributed by atoms with Crippen molar-refractivity contribution in [2.75, 3.05) is 36.0 Å². The second-order valence-corrected chi connectivity index (χ2v) is 7.09. The zero-order valence-electron chi connectivity index (χ0n) is 15.8. The minimum atomic E-state index is -4.51. The van der Waals surface area contributed by atoms with Gasteiger partial charge in [-0.15, -0.1) is 0 Å².